The van der Waals surface area contributed by atoms with Crippen molar-refractivity contribution in [1.29, 1.82) is 0 Å². The Morgan fingerprint density at radius 2 is 1.94 bits per heavy atom. The molecule has 8 nitrogen and oxygen atoms in total. The van der Waals surface area contributed by atoms with Gasteiger partial charge in [0.1, 0.15) is 0 Å². The van der Waals surface area contributed by atoms with Crippen LogP contribution in [0.25, 0.3) is 11.3 Å². The molecule has 0 radical (unpaired) electrons. The van der Waals surface area contributed by atoms with Gasteiger partial charge in [0, 0.05) is 31.5 Å². The van der Waals surface area contributed by atoms with Crippen LogP contribution in [-0.4, -0.2) is 34.7 Å². The van der Waals surface area contributed by atoms with E-state index < -0.39 is 10.0 Å². The zero-order chi connectivity index (χ0) is 22.8. The highest BCUT2D eigenvalue weighted by molar-refractivity contribution is 7.92. The van der Waals surface area contributed by atoms with Crippen LogP contribution in [0.3, 0.4) is 0 Å². The van der Waals surface area contributed by atoms with Gasteiger partial charge in [-0.2, -0.15) is 5.10 Å². The predicted molar refractivity (Wildman–Crippen MR) is 129 cm³/mol. The summed E-state index contributed by atoms with van der Waals surface area (Å²) < 4.78 is 29.9. The van der Waals surface area contributed by atoms with Gasteiger partial charge < -0.3 is 5.32 Å². The number of nitrogens with one attached hydrogen (secondary N) is 1. The van der Waals surface area contributed by atoms with Gasteiger partial charge in [-0.25, -0.2) is 18.4 Å². The first-order valence-corrected chi connectivity index (χ1v) is 12.4. The molecule has 4 aromatic rings. The molecule has 0 spiro atoms. The van der Waals surface area contributed by atoms with E-state index in [1.54, 1.807) is 21.4 Å². The Labute approximate surface area is 193 Å². The van der Waals surface area contributed by atoms with Gasteiger partial charge >= 0.3 is 0 Å². The van der Waals surface area contributed by atoms with Crippen LogP contribution in [0.2, 0.25) is 0 Å². The van der Waals surface area contributed by atoms with E-state index in [0.717, 1.165) is 40.9 Å². The fraction of sp³-hybridized carbons (Fsp3) is 0.208. The third-order valence-electron chi connectivity index (χ3n) is 5.60. The molecule has 0 amide bonds. The van der Waals surface area contributed by atoms with Crippen molar-refractivity contribution in [3.63, 3.8) is 0 Å². The van der Waals surface area contributed by atoms with Crippen molar-refractivity contribution >= 4 is 27.3 Å². The van der Waals surface area contributed by atoms with Crippen LogP contribution in [-0.2, 0) is 29.2 Å². The third-order valence-corrected chi connectivity index (χ3v) is 7.35. The topological polar surface area (TPSA) is 93.0 Å². The van der Waals surface area contributed by atoms with E-state index in [9.17, 15) is 8.42 Å². The van der Waals surface area contributed by atoms with Crippen LogP contribution in [0.5, 0.6) is 0 Å². The number of nitrogens with zero attached hydrogens (tertiary/aromatic N) is 5. The van der Waals surface area contributed by atoms with E-state index in [1.807, 2.05) is 67.8 Å². The maximum Gasteiger partial charge on any atom is 0.239 e. The summed E-state index contributed by atoms with van der Waals surface area (Å²) in [4.78, 5) is 8.92. The van der Waals surface area contributed by atoms with Gasteiger partial charge in [0.05, 0.1) is 29.0 Å². The smallest absolute Gasteiger partial charge is 0.239 e. The molecule has 0 bridgehead atoms. The number of aryl methyl sites for hydroxylation is 2. The third kappa shape index (κ3) is 4.58. The minimum Gasteiger partial charge on any atom is -0.321 e. The van der Waals surface area contributed by atoms with Crippen LogP contribution >= 0.6 is 0 Å². The quantitative estimate of drug-likeness (QED) is 0.469. The molecule has 2 aromatic carbocycles. The number of fused-ring (bicyclic) bond motifs is 1. The number of sulfonamides is 1. The second-order valence-electron chi connectivity index (χ2n) is 8.05. The summed E-state index contributed by atoms with van der Waals surface area (Å²) in [5.41, 5.74) is 4.89. The lowest BCUT2D eigenvalue weighted by molar-refractivity contribution is 0.586. The Bertz CT molecular complexity index is 1390. The SMILES string of the molecule is Cn1cc(Nc2nccc(-c3ccc4c(c3)N(S(=O)(=O)Cc3ccccc3)CCC4)n2)cn1. The lowest BCUT2D eigenvalue weighted by Gasteiger charge is -2.31. The standard InChI is InChI=1S/C24H24N6O2S/c1-29-16-21(15-26-29)27-24-25-12-11-22(28-24)20-10-9-19-8-5-13-30(23(19)14-20)33(31,32)17-18-6-3-2-4-7-18/h2-4,6-7,9-12,14-16H,5,8,13,17H2,1H3,(H,25,27,28). The first-order valence-electron chi connectivity index (χ1n) is 10.7. The number of aromatic nitrogens is 4. The van der Waals surface area contributed by atoms with Gasteiger partial charge in [0.25, 0.3) is 0 Å². The second-order valence-corrected chi connectivity index (χ2v) is 9.95. The average Bonchev–Trinajstić information content (AvgIpc) is 3.23. The summed E-state index contributed by atoms with van der Waals surface area (Å²) in [6, 6.07) is 17.0. The molecule has 0 saturated heterocycles. The Morgan fingerprint density at radius 1 is 1.09 bits per heavy atom. The van der Waals surface area contributed by atoms with Crippen LogP contribution in [0.15, 0.2) is 73.2 Å². The molecule has 0 atom stereocenters. The summed E-state index contributed by atoms with van der Waals surface area (Å²) in [5.74, 6) is 0.427. The summed E-state index contributed by atoms with van der Waals surface area (Å²) in [5, 5.41) is 7.28. The van der Waals surface area contributed by atoms with E-state index in [1.165, 1.54) is 0 Å². The van der Waals surface area contributed by atoms with Gasteiger partial charge in [-0.05, 0) is 36.1 Å². The molecule has 0 unspecified atom stereocenters. The van der Waals surface area contributed by atoms with Crippen molar-refractivity contribution in [1.82, 2.24) is 19.7 Å². The maximum absolute atomic E-state index is 13.3. The minimum absolute atomic E-state index is 0.0236. The predicted octanol–water partition coefficient (Wildman–Crippen LogP) is 3.90. The van der Waals surface area contributed by atoms with E-state index in [4.69, 9.17) is 0 Å². The average molecular weight is 461 g/mol. The van der Waals surface area contributed by atoms with E-state index in [-0.39, 0.29) is 5.75 Å². The highest BCUT2D eigenvalue weighted by Crippen LogP contribution is 2.34. The van der Waals surface area contributed by atoms with Gasteiger partial charge in [0.2, 0.25) is 16.0 Å². The fourth-order valence-electron chi connectivity index (χ4n) is 4.05. The summed E-state index contributed by atoms with van der Waals surface area (Å²) in [6.07, 6.45) is 6.87. The molecule has 1 N–H and O–H groups in total. The lowest BCUT2D eigenvalue weighted by Crippen LogP contribution is -2.36. The van der Waals surface area contributed by atoms with Gasteiger partial charge in [-0.3, -0.25) is 8.99 Å². The normalized spacial score (nSPS) is 13.5. The molecular weight excluding hydrogens is 436 g/mol. The van der Waals surface area contributed by atoms with Gasteiger partial charge in [-0.15, -0.1) is 0 Å². The van der Waals surface area contributed by atoms with E-state index >= 15 is 0 Å². The van der Waals surface area contributed by atoms with Crippen LogP contribution < -0.4 is 9.62 Å². The zero-order valence-electron chi connectivity index (χ0n) is 18.2. The Kier molecular flexibility index (Phi) is 5.55. The number of anilines is 3. The van der Waals surface area contributed by atoms with Crippen LogP contribution in [0.4, 0.5) is 17.3 Å². The highest BCUT2D eigenvalue weighted by atomic mass is 32.2. The molecule has 0 aliphatic carbocycles. The zero-order valence-corrected chi connectivity index (χ0v) is 19.0. The molecule has 3 heterocycles. The van der Waals surface area contributed by atoms with Crippen LogP contribution in [0, 0.1) is 0 Å². The molecular formula is C24H24N6O2S. The summed E-state index contributed by atoms with van der Waals surface area (Å²) >= 11 is 0. The number of hydrogen-bond acceptors (Lipinski definition) is 6. The van der Waals surface area contributed by atoms with Crippen molar-refractivity contribution in [2.45, 2.75) is 18.6 Å². The van der Waals surface area contributed by atoms with Crippen molar-refractivity contribution in [3.05, 3.63) is 84.3 Å². The van der Waals surface area contributed by atoms with E-state index in [2.05, 4.69) is 20.4 Å². The summed E-state index contributed by atoms with van der Waals surface area (Å²) in [7, 11) is -1.68. The monoisotopic (exact) mass is 460 g/mol. The number of rotatable bonds is 6. The maximum atomic E-state index is 13.3. The summed E-state index contributed by atoms with van der Waals surface area (Å²) in [6.45, 7) is 0.475. The van der Waals surface area contributed by atoms with Crippen molar-refractivity contribution in [2.75, 3.05) is 16.2 Å². The molecule has 9 heteroatoms. The Hall–Kier alpha value is -3.72. The fourth-order valence-corrected chi connectivity index (χ4v) is 5.69. The Balaban J connectivity index is 1.46. The molecule has 168 valence electrons. The second kappa shape index (κ2) is 8.67. The number of hydrogen-bond donors (Lipinski definition) is 1. The lowest BCUT2D eigenvalue weighted by atomic mass is 10.00. The van der Waals surface area contributed by atoms with Crippen molar-refractivity contribution < 1.29 is 8.42 Å². The number of benzene rings is 2. The molecule has 5 rings (SSSR count). The van der Waals surface area contributed by atoms with Crippen molar-refractivity contribution in [2.24, 2.45) is 7.05 Å². The van der Waals surface area contributed by atoms with Crippen LogP contribution in [0.1, 0.15) is 17.5 Å². The van der Waals surface area contributed by atoms with E-state index in [0.29, 0.717) is 18.2 Å². The molecule has 0 fully saturated rings. The Morgan fingerprint density at radius 3 is 2.73 bits per heavy atom. The van der Waals surface area contributed by atoms with Gasteiger partial charge in [0.15, 0.2) is 0 Å². The van der Waals surface area contributed by atoms with Crippen molar-refractivity contribution in [3.8, 4) is 11.3 Å². The largest absolute Gasteiger partial charge is 0.321 e. The molecule has 2 aromatic heterocycles. The highest BCUT2D eigenvalue weighted by Gasteiger charge is 2.28. The molecule has 0 saturated carbocycles. The molecule has 1 aliphatic heterocycles. The van der Waals surface area contributed by atoms with Gasteiger partial charge in [-0.1, -0.05) is 42.5 Å². The molecule has 33 heavy (non-hydrogen) atoms. The molecule has 1 aliphatic rings. The minimum atomic E-state index is -3.52. The first kappa shape index (κ1) is 21.1. The first-order chi connectivity index (χ1) is 16.0.